The Bertz CT molecular complexity index is 517. The number of fused-ring (bicyclic) bond motifs is 3. The van der Waals surface area contributed by atoms with Crippen LogP contribution in [0.1, 0.15) is 76.0 Å². The average Bonchev–Trinajstić information content (AvgIpc) is 2.37. The Hall–Kier alpha value is -0.980. The van der Waals surface area contributed by atoms with Gasteiger partial charge in [0.2, 0.25) is 0 Å². The van der Waals surface area contributed by atoms with Crippen LogP contribution in [0.15, 0.2) is 12.1 Å². The molecule has 3 atom stereocenters. The van der Waals surface area contributed by atoms with Crippen molar-refractivity contribution < 1.29 is 5.11 Å². The maximum Gasteiger partial charge on any atom is 0.119 e. The van der Waals surface area contributed by atoms with E-state index in [0.29, 0.717) is 17.1 Å². The van der Waals surface area contributed by atoms with Crippen LogP contribution in [0.2, 0.25) is 0 Å². The minimum atomic E-state index is 0.336. The van der Waals surface area contributed by atoms with Crippen molar-refractivity contribution in [3.63, 3.8) is 0 Å². The highest BCUT2D eigenvalue weighted by Crippen LogP contribution is 2.53. The quantitative estimate of drug-likeness (QED) is 0.749. The molecule has 1 aromatic rings. The van der Waals surface area contributed by atoms with E-state index in [2.05, 4.69) is 33.8 Å². The number of rotatable bonds is 1. The van der Waals surface area contributed by atoms with E-state index in [0.717, 1.165) is 18.3 Å². The second kappa shape index (κ2) is 4.79. The molecule has 1 nitrogen and oxygen atoms in total. The van der Waals surface area contributed by atoms with E-state index in [9.17, 15) is 5.11 Å². The second-order valence-electron chi connectivity index (χ2n) is 7.61. The molecule has 1 N–H and O–H groups in total. The lowest BCUT2D eigenvalue weighted by Crippen LogP contribution is -2.43. The molecule has 0 aliphatic heterocycles. The fourth-order valence-corrected chi connectivity index (χ4v) is 5.14. The summed E-state index contributed by atoms with van der Waals surface area (Å²) >= 11 is 0. The molecule has 1 heteroatoms. The van der Waals surface area contributed by atoms with Gasteiger partial charge < -0.3 is 5.11 Å². The first-order chi connectivity index (χ1) is 9.45. The lowest BCUT2D eigenvalue weighted by Gasteiger charge is -2.50. The van der Waals surface area contributed by atoms with Gasteiger partial charge in [-0.25, -0.2) is 0 Å². The molecule has 110 valence electrons. The van der Waals surface area contributed by atoms with E-state index in [4.69, 9.17) is 0 Å². The zero-order valence-corrected chi connectivity index (χ0v) is 13.4. The average molecular weight is 272 g/mol. The van der Waals surface area contributed by atoms with Crippen molar-refractivity contribution in [1.82, 2.24) is 0 Å². The zero-order valence-electron chi connectivity index (χ0n) is 13.4. The lowest BCUT2D eigenvalue weighted by molar-refractivity contribution is 0.117. The van der Waals surface area contributed by atoms with Gasteiger partial charge in [0.15, 0.2) is 0 Å². The number of hydrogen-bond acceptors (Lipinski definition) is 1. The van der Waals surface area contributed by atoms with E-state index >= 15 is 0 Å². The number of hydrogen-bond donors (Lipinski definition) is 1. The molecule has 0 bridgehead atoms. The molecule has 3 rings (SSSR count). The van der Waals surface area contributed by atoms with Gasteiger partial charge in [0.1, 0.15) is 5.75 Å². The molecule has 0 heterocycles. The standard InChI is InChI=1S/C19H28O/c1-12(2)18-14-7-8-15-13(3)6-5-11-19(15,4)16(14)9-10-17(18)20/h9-10,12-13,15,20H,5-8,11H2,1-4H3. The number of phenolic OH excluding ortho intramolecular Hbond substituents is 1. The summed E-state index contributed by atoms with van der Waals surface area (Å²) in [7, 11) is 0. The highest BCUT2D eigenvalue weighted by molar-refractivity contribution is 5.50. The molecule has 3 unspecified atom stereocenters. The Morgan fingerprint density at radius 2 is 2.00 bits per heavy atom. The van der Waals surface area contributed by atoms with Crippen molar-refractivity contribution in [2.24, 2.45) is 11.8 Å². The third kappa shape index (κ3) is 1.89. The van der Waals surface area contributed by atoms with Crippen LogP contribution in [-0.4, -0.2) is 5.11 Å². The largest absolute Gasteiger partial charge is 0.508 e. The maximum absolute atomic E-state index is 10.3. The molecule has 20 heavy (non-hydrogen) atoms. The predicted molar refractivity (Wildman–Crippen MR) is 84.4 cm³/mol. The molecule has 1 fully saturated rings. The summed E-state index contributed by atoms with van der Waals surface area (Å²) in [5.41, 5.74) is 4.55. The van der Waals surface area contributed by atoms with Gasteiger partial charge in [-0.2, -0.15) is 0 Å². The van der Waals surface area contributed by atoms with Crippen molar-refractivity contribution in [3.8, 4) is 5.75 Å². The Morgan fingerprint density at radius 3 is 2.70 bits per heavy atom. The highest BCUT2D eigenvalue weighted by Gasteiger charge is 2.45. The summed E-state index contributed by atoms with van der Waals surface area (Å²) in [6.07, 6.45) is 6.52. The minimum Gasteiger partial charge on any atom is -0.508 e. The van der Waals surface area contributed by atoms with Gasteiger partial charge in [-0.3, -0.25) is 0 Å². The van der Waals surface area contributed by atoms with Crippen molar-refractivity contribution in [2.75, 3.05) is 0 Å². The Kier molecular flexibility index (Phi) is 3.35. The SMILES string of the molecule is CC(C)c1c(O)ccc2c1CCC1C(C)CCCC21C. The third-order valence-corrected chi connectivity index (χ3v) is 6.09. The zero-order chi connectivity index (χ0) is 14.5. The molecule has 1 aromatic carbocycles. The summed E-state index contributed by atoms with van der Waals surface area (Å²) in [4.78, 5) is 0. The maximum atomic E-state index is 10.3. The molecule has 2 aliphatic carbocycles. The molecule has 0 saturated heterocycles. The summed E-state index contributed by atoms with van der Waals surface area (Å²) < 4.78 is 0. The predicted octanol–water partition coefficient (Wildman–Crippen LogP) is 5.16. The molecular formula is C19H28O. The van der Waals surface area contributed by atoms with E-state index in [1.807, 2.05) is 6.07 Å². The first kappa shape index (κ1) is 14.0. The molecule has 1 saturated carbocycles. The topological polar surface area (TPSA) is 20.2 Å². The monoisotopic (exact) mass is 272 g/mol. The molecule has 2 aliphatic rings. The van der Waals surface area contributed by atoms with E-state index < -0.39 is 0 Å². The van der Waals surface area contributed by atoms with Crippen molar-refractivity contribution in [3.05, 3.63) is 28.8 Å². The number of aromatic hydroxyl groups is 1. The van der Waals surface area contributed by atoms with Crippen molar-refractivity contribution in [1.29, 1.82) is 0 Å². The first-order valence-electron chi connectivity index (χ1n) is 8.30. The minimum absolute atomic E-state index is 0.336. The van der Waals surface area contributed by atoms with Gasteiger partial charge in [-0.1, -0.05) is 46.6 Å². The van der Waals surface area contributed by atoms with Crippen LogP contribution >= 0.6 is 0 Å². The van der Waals surface area contributed by atoms with Crippen LogP contribution in [0, 0.1) is 11.8 Å². The van der Waals surface area contributed by atoms with Gasteiger partial charge >= 0.3 is 0 Å². The van der Waals surface area contributed by atoms with Crippen LogP contribution in [0.5, 0.6) is 5.75 Å². The molecule has 0 radical (unpaired) electrons. The molecule has 0 amide bonds. The second-order valence-corrected chi connectivity index (χ2v) is 7.61. The smallest absolute Gasteiger partial charge is 0.119 e. The highest BCUT2D eigenvalue weighted by atomic mass is 16.3. The van der Waals surface area contributed by atoms with Gasteiger partial charge in [0, 0.05) is 0 Å². The summed E-state index contributed by atoms with van der Waals surface area (Å²) in [6.45, 7) is 9.32. The van der Waals surface area contributed by atoms with Gasteiger partial charge in [0.05, 0.1) is 0 Å². The van der Waals surface area contributed by atoms with Gasteiger partial charge in [-0.05, 0) is 65.2 Å². The van der Waals surface area contributed by atoms with Gasteiger partial charge in [0.25, 0.3) is 0 Å². The van der Waals surface area contributed by atoms with E-state index in [1.54, 1.807) is 5.56 Å². The number of phenols is 1. The van der Waals surface area contributed by atoms with Crippen LogP contribution in [0.4, 0.5) is 0 Å². The van der Waals surface area contributed by atoms with E-state index in [-0.39, 0.29) is 0 Å². The normalized spacial score (nSPS) is 32.9. The Labute approximate surface area is 123 Å². The fraction of sp³-hybridized carbons (Fsp3) is 0.684. The van der Waals surface area contributed by atoms with Crippen LogP contribution in [0.25, 0.3) is 0 Å². The summed E-state index contributed by atoms with van der Waals surface area (Å²) in [5.74, 6) is 2.59. The molecular weight excluding hydrogens is 244 g/mol. The first-order valence-corrected chi connectivity index (χ1v) is 8.30. The number of benzene rings is 1. The van der Waals surface area contributed by atoms with Crippen LogP contribution in [-0.2, 0) is 11.8 Å². The Balaban J connectivity index is 2.15. The van der Waals surface area contributed by atoms with Gasteiger partial charge in [-0.15, -0.1) is 0 Å². The molecule has 0 aromatic heterocycles. The fourth-order valence-electron chi connectivity index (χ4n) is 5.14. The van der Waals surface area contributed by atoms with Crippen LogP contribution < -0.4 is 0 Å². The molecule has 0 spiro atoms. The van der Waals surface area contributed by atoms with E-state index in [1.165, 1.54) is 36.8 Å². The van der Waals surface area contributed by atoms with Crippen molar-refractivity contribution in [2.45, 2.75) is 71.1 Å². The summed E-state index contributed by atoms with van der Waals surface area (Å²) in [5, 5.41) is 10.3. The van der Waals surface area contributed by atoms with Crippen LogP contribution in [0.3, 0.4) is 0 Å². The Morgan fingerprint density at radius 1 is 1.25 bits per heavy atom. The van der Waals surface area contributed by atoms with Crippen molar-refractivity contribution >= 4 is 0 Å². The lowest BCUT2D eigenvalue weighted by atomic mass is 9.54. The third-order valence-electron chi connectivity index (χ3n) is 6.09. The summed E-state index contributed by atoms with van der Waals surface area (Å²) in [6, 6.07) is 4.17.